The molecule has 0 N–H and O–H groups in total. The molecule has 0 radical (unpaired) electrons. The van der Waals surface area contributed by atoms with Crippen LogP contribution in [-0.2, 0) is 11.2 Å². The number of carbonyl (C=O) groups excluding carboxylic acids is 1. The standard InChI is InChI=1S/C13H14O4/c1-4-8-7-9-10(15-2)5-6-11(16-3)12(9)13(14)17-8/h4-6,8H,1,7H2,2-3H3. The van der Waals surface area contributed by atoms with Crippen molar-refractivity contribution in [3.8, 4) is 11.5 Å². The van der Waals surface area contributed by atoms with Gasteiger partial charge in [-0.3, -0.25) is 0 Å². The van der Waals surface area contributed by atoms with Crippen LogP contribution >= 0.6 is 0 Å². The summed E-state index contributed by atoms with van der Waals surface area (Å²) in [6, 6.07) is 3.49. The van der Waals surface area contributed by atoms with E-state index in [1.807, 2.05) is 0 Å². The summed E-state index contributed by atoms with van der Waals surface area (Å²) in [5, 5.41) is 0. The SMILES string of the molecule is C=CC1Cc2c(OC)ccc(OC)c2C(=O)O1. The Balaban J connectivity index is 2.58. The van der Waals surface area contributed by atoms with Crippen molar-refractivity contribution in [3.05, 3.63) is 35.9 Å². The second-order valence-electron chi connectivity index (χ2n) is 3.71. The predicted octanol–water partition coefficient (Wildman–Crippen LogP) is 1.97. The number of cyclic esters (lactones) is 1. The number of fused-ring (bicyclic) bond motifs is 1. The van der Waals surface area contributed by atoms with Crippen molar-refractivity contribution in [2.75, 3.05) is 14.2 Å². The van der Waals surface area contributed by atoms with Gasteiger partial charge in [-0.15, -0.1) is 0 Å². The Bertz CT molecular complexity index is 465. The molecule has 1 aromatic rings. The Morgan fingerprint density at radius 2 is 2.00 bits per heavy atom. The Kier molecular flexibility index (Phi) is 3.04. The van der Waals surface area contributed by atoms with Gasteiger partial charge >= 0.3 is 5.97 Å². The van der Waals surface area contributed by atoms with Crippen LogP contribution in [0.5, 0.6) is 11.5 Å². The van der Waals surface area contributed by atoms with Crippen LogP contribution in [0.15, 0.2) is 24.8 Å². The van der Waals surface area contributed by atoms with Gasteiger partial charge < -0.3 is 14.2 Å². The molecule has 0 amide bonds. The van der Waals surface area contributed by atoms with Crippen LogP contribution in [-0.4, -0.2) is 26.3 Å². The van der Waals surface area contributed by atoms with Crippen LogP contribution in [0.4, 0.5) is 0 Å². The normalized spacial score (nSPS) is 18.0. The Hall–Kier alpha value is -1.97. The van der Waals surface area contributed by atoms with E-state index in [9.17, 15) is 4.79 Å². The number of methoxy groups -OCH3 is 2. The molecule has 1 heterocycles. The summed E-state index contributed by atoms with van der Waals surface area (Å²) in [4.78, 5) is 11.9. The van der Waals surface area contributed by atoms with Crippen LogP contribution in [0.25, 0.3) is 0 Å². The van der Waals surface area contributed by atoms with Crippen molar-refractivity contribution in [2.24, 2.45) is 0 Å². The molecule has 17 heavy (non-hydrogen) atoms. The quantitative estimate of drug-likeness (QED) is 0.592. The highest BCUT2D eigenvalue weighted by atomic mass is 16.5. The van der Waals surface area contributed by atoms with E-state index >= 15 is 0 Å². The van der Waals surface area contributed by atoms with E-state index in [1.165, 1.54) is 7.11 Å². The zero-order valence-corrected chi connectivity index (χ0v) is 9.86. The molecule has 2 rings (SSSR count). The van der Waals surface area contributed by atoms with Crippen LogP contribution in [0.1, 0.15) is 15.9 Å². The van der Waals surface area contributed by atoms with E-state index in [0.717, 1.165) is 5.56 Å². The van der Waals surface area contributed by atoms with Gasteiger partial charge in [-0.05, 0) is 12.1 Å². The lowest BCUT2D eigenvalue weighted by Crippen LogP contribution is -2.27. The van der Waals surface area contributed by atoms with E-state index in [0.29, 0.717) is 23.5 Å². The summed E-state index contributed by atoms with van der Waals surface area (Å²) in [5.41, 5.74) is 1.26. The molecule has 0 aromatic heterocycles. The zero-order valence-electron chi connectivity index (χ0n) is 9.86. The molecule has 1 aliphatic rings. The molecule has 0 bridgehead atoms. The monoisotopic (exact) mass is 234 g/mol. The molecule has 0 saturated heterocycles. The van der Waals surface area contributed by atoms with Gasteiger partial charge in [0.15, 0.2) is 0 Å². The molecule has 0 aliphatic carbocycles. The third kappa shape index (κ3) is 1.86. The molecule has 0 fully saturated rings. The van der Waals surface area contributed by atoms with Gasteiger partial charge in [0, 0.05) is 12.0 Å². The largest absolute Gasteiger partial charge is 0.496 e. The number of hydrogen-bond donors (Lipinski definition) is 0. The van der Waals surface area contributed by atoms with Crippen LogP contribution in [0, 0.1) is 0 Å². The molecule has 1 atom stereocenters. The predicted molar refractivity (Wildman–Crippen MR) is 62.7 cm³/mol. The minimum absolute atomic E-state index is 0.309. The van der Waals surface area contributed by atoms with Crippen molar-refractivity contribution in [1.29, 1.82) is 0 Å². The average Bonchev–Trinajstić information content (AvgIpc) is 2.37. The fraction of sp³-hybridized carbons (Fsp3) is 0.308. The van der Waals surface area contributed by atoms with E-state index in [4.69, 9.17) is 14.2 Å². The van der Waals surface area contributed by atoms with E-state index in [1.54, 1.807) is 25.3 Å². The van der Waals surface area contributed by atoms with Crippen molar-refractivity contribution in [3.63, 3.8) is 0 Å². The fourth-order valence-electron chi connectivity index (χ4n) is 1.97. The summed E-state index contributed by atoms with van der Waals surface area (Å²) in [6.07, 6.45) is 1.86. The van der Waals surface area contributed by atoms with Gasteiger partial charge in [0.1, 0.15) is 23.2 Å². The highest BCUT2D eigenvalue weighted by Crippen LogP contribution is 2.35. The minimum Gasteiger partial charge on any atom is -0.496 e. The Morgan fingerprint density at radius 3 is 2.59 bits per heavy atom. The molecule has 1 aromatic carbocycles. The summed E-state index contributed by atoms with van der Waals surface area (Å²) in [5.74, 6) is 0.782. The molecule has 0 spiro atoms. The van der Waals surface area contributed by atoms with Crippen LogP contribution in [0.3, 0.4) is 0 Å². The van der Waals surface area contributed by atoms with Gasteiger partial charge in [-0.25, -0.2) is 4.79 Å². The first kappa shape index (κ1) is 11.5. The molecule has 90 valence electrons. The Morgan fingerprint density at radius 1 is 1.35 bits per heavy atom. The summed E-state index contributed by atoms with van der Waals surface area (Å²) >= 11 is 0. The molecular weight excluding hydrogens is 220 g/mol. The topological polar surface area (TPSA) is 44.8 Å². The lowest BCUT2D eigenvalue weighted by Gasteiger charge is -2.25. The summed E-state index contributed by atoms with van der Waals surface area (Å²) in [6.45, 7) is 3.64. The van der Waals surface area contributed by atoms with Crippen LogP contribution in [0.2, 0.25) is 0 Å². The van der Waals surface area contributed by atoms with E-state index < -0.39 is 5.97 Å². The molecule has 0 saturated carbocycles. The fourth-order valence-corrected chi connectivity index (χ4v) is 1.97. The summed E-state index contributed by atoms with van der Waals surface area (Å²) < 4.78 is 15.6. The molecule has 1 aliphatic heterocycles. The molecule has 4 nitrogen and oxygen atoms in total. The van der Waals surface area contributed by atoms with E-state index in [-0.39, 0.29) is 6.10 Å². The number of esters is 1. The zero-order chi connectivity index (χ0) is 12.4. The average molecular weight is 234 g/mol. The highest BCUT2D eigenvalue weighted by Gasteiger charge is 2.30. The highest BCUT2D eigenvalue weighted by molar-refractivity contribution is 5.96. The van der Waals surface area contributed by atoms with Gasteiger partial charge in [0.05, 0.1) is 14.2 Å². The number of carbonyl (C=O) groups is 1. The number of rotatable bonds is 3. The lowest BCUT2D eigenvalue weighted by molar-refractivity contribution is 0.0351. The molecule has 4 heteroatoms. The first-order chi connectivity index (χ1) is 8.21. The maximum Gasteiger partial charge on any atom is 0.342 e. The van der Waals surface area contributed by atoms with Gasteiger partial charge in [0.2, 0.25) is 0 Å². The van der Waals surface area contributed by atoms with Gasteiger partial charge in [0.25, 0.3) is 0 Å². The van der Waals surface area contributed by atoms with E-state index in [2.05, 4.69) is 6.58 Å². The van der Waals surface area contributed by atoms with Crippen molar-refractivity contribution in [1.82, 2.24) is 0 Å². The van der Waals surface area contributed by atoms with Gasteiger partial charge in [-0.2, -0.15) is 0 Å². The Labute approximate surface area is 99.8 Å². The van der Waals surface area contributed by atoms with Crippen molar-refractivity contribution < 1.29 is 19.0 Å². The number of benzene rings is 1. The molecular formula is C13H14O4. The maximum atomic E-state index is 11.9. The number of ether oxygens (including phenoxy) is 3. The van der Waals surface area contributed by atoms with Crippen molar-refractivity contribution >= 4 is 5.97 Å². The third-order valence-corrected chi connectivity index (χ3v) is 2.80. The smallest absolute Gasteiger partial charge is 0.342 e. The minimum atomic E-state index is -0.396. The van der Waals surface area contributed by atoms with Crippen LogP contribution < -0.4 is 9.47 Å². The summed E-state index contributed by atoms with van der Waals surface area (Å²) in [7, 11) is 3.10. The molecule has 1 unspecified atom stereocenters. The second kappa shape index (κ2) is 4.49. The maximum absolute atomic E-state index is 11.9. The second-order valence-corrected chi connectivity index (χ2v) is 3.71. The third-order valence-electron chi connectivity index (χ3n) is 2.80. The first-order valence-corrected chi connectivity index (χ1v) is 5.28. The first-order valence-electron chi connectivity index (χ1n) is 5.28. The van der Waals surface area contributed by atoms with Gasteiger partial charge in [-0.1, -0.05) is 12.7 Å². The lowest BCUT2D eigenvalue weighted by atomic mass is 9.96. The number of hydrogen-bond acceptors (Lipinski definition) is 4. The van der Waals surface area contributed by atoms with Crippen molar-refractivity contribution in [2.45, 2.75) is 12.5 Å².